The number of amides is 2. The van der Waals surface area contributed by atoms with Crippen LogP contribution in [0.5, 0.6) is 0 Å². The number of hydrogen-bond acceptors (Lipinski definition) is 5. The van der Waals surface area contributed by atoms with Crippen LogP contribution in [0, 0.1) is 0 Å². The summed E-state index contributed by atoms with van der Waals surface area (Å²) >= 11 is 0. The van der Waals surface area contributed by atoms with Gasteiger partial charge in [0.25, 0.3) is 5.91 Å². The average Bonchev–Trinajstić information content (AvgIpc) is 3.61. The molecule has 2 amide bonds. The second-order valence-corrected chi connectivity index (χ2v) is 11.6. The van der Waals surface area contributed by atoms with Crippen molar-refractivity contribution in [3.63, 3.8) is 0 Å². The van der Waals surface area contributed by atoms with Crippen LogP contribution in [-0.4, -0.2) is 51.0 Å². The molecule has 2 aliphatic rings. The van der Waals surface area contributed by atoms with Gasteiger partial charge in [0.2, 0.25) is 0 Å². The molecule has 1 aliphatic carbocycles. The summed E-state index contributed by atoms with van der Waals surface area (Å²) in [6, 6.07) is 15.9. The summed E-state index contributed by atoms with van der Waals surface area (Å²) < 4.78 is 7.28. The molecule has 2 heterocycles. The summed E-state index contributed by atoms with van der Waals surface area (Å²) in [6.07, 6.45) is 2.15. The summed E-state index contributed by atoms with van der Waals surface area (Å²) in [5.74, 6) is -0.144. The number of aromatic nitrogens is 2. The second kappa shape index (κ2) is 9.83. The van der Waals surface area contributed by atoms with Gasteiger partial charge in [-0.1, -0.05) is 31.2 Å². The SMILES string of the molecule is CCc1ccc(-n2nc(C(C)O)c3c2C(=O)N(c2ccc(C4(N(C)C(=O)OC(C)(C)C)CC4)cc2)CC3)cc1. The molecule has 1 saturated carbocycles. The molecule has 5 rings (SSSR count). The number of fused-ring (bicyclic) bond motifs is 1. The van der Waals surface area contributed by atoms with Crippen molar-refractivity contribution in [3.05, 3.63) is 76.6 Å². The summed E-state index contributed by atoms with van der Waals surface area (Å²) in [4.78, 5) is 30.1. The molecular formula is C31H38N4O4. The van der Waals surface area contributed by atoms with E-state index in [0.717, 1.165) is 41.8 Å². The van der Waals surface area contributed by atoms with Gasteiger partial charge in [0, 0.05) is 24.8 Å². The fourth-order valence-electron chi connectivity index (χ4n) is 5.42. The van der Waals surface area contributed by atoms with Gasteiger partial charge in [0.15, 0.2) is 0 Å². The molecule has 1 atom stereocenters. The highest BCUT2D eigenvalue weighted by atomic mass is 16.6. The van der Waals surface area contributed by atoms with Crippen LogP contribution in [0.25, 0.3) is 5.69 Å². The summed E-state index contributed by atoms with van der Waals surface area (Å²) in [7, 11) is 1.79. The van der Waals surface area contributed by atoms with Gasteiger partial charge in [-0.25, -0.2) is 9.48 Å². The van der Waals surface area contributed by atoms with Crippen LogP contribution in [0.1, 0.15) is 86.4 Å². The maximum absolute atomic E-state index is 13.9. The zero-order valence-corrected chi connectivity index (χ0v) is 23.7. The Morgan fingerprint density at radius 2 is 1.72 bits per heavy atom. The van der Waals surface area contributed by atoms with Crippen molar-refractivity contribution in [2.75, 3.05) is 18.5 Å². The van der Waals surface area contributed by atoms with Crippen molar-refractivity contribution in [1.82, 2.24) is 14.7 Å². The molecule has 1 aromatic heterocycles. The van der Waals surface area contributed by atoms with Gasteiger partial charge in [0.1, 0.15) is 11.3 Å². The highest BCUT2D eigenvalue weighted by Gasteiger charge is 2.51. The van der Waals surface area contributed by atoms with Crippen LogP contribution >= 0.6 is 0 Å². The molecule has 0 spiro atoms. The van der Waals surface area contributed by atoms with Crippen molar-refractivity contribution >= 4 is 17.7 Å². The predicted molar refractivity (Wildman–Crippen MR) is 150 cm³/mol. The van der Waals surface area contributed by atoms with Gasteiger partial charge in [0.05, 0.1) is 23.0 Å². The third-order valence-electron chi connectivity index (χ3n) is 7.78. The second-order valence-electron chi connectivity index (χ2n) is 11.6. The quantitative estimate of drug-likeness (QED) is 0.452. The Labute approximate surface area is 230 Å². The molecule has 8 nitrogen and oxygen atoms in total. The lowest BCUT2D eigenvalue weighted by atomic mass is 9.99. The number of hydrogen-bond donors (Lipinski definition) is 1. The zero-order chi connectivity index (χ0) is 28.1. The number of ether oxygens (including phenoxy) is 1. The molecule has 2 aromatic carbocycles. The number of rotatable bonds is 6. The van der Waals surface area contributed by atoms with E-state index in [4.69, 9.17) is 4.74 Å². The molecular weight excluding hydrogens is 492 g/mol. The van der Waals surface area contributed by atoms with Gasteiger partial charge in [-0.15, -0.1) is 0 Å². The van der Waals surface area contributed by atoms with E-state index in [2.05, 4.69) is 12.0 Å². The fraction of sp³-hybridized carbons (Fsp3) is 0.452. The molecule has 3 aromatic rings. The van der Waals surface area contributed by atoms with Crippen molar-refractivity contribution < 1.29 is 19.4 Å². The molecule has 0 bridgehead atoms. The van der Waals surface area contributed by atoms with E-state index < -0.39 is 11.7 Å². The van der Waals surface area contributed by atoms with Gasteiger partial charge in [-0.2, -0.15) is 5.10 Å². The topological polar surface area (TPSA) is 87.9 Å². The van der Waals surface area contributed by atoms with E-state index in [0.29, 0.717) is 24.4 Å². The molecule has 8 heteroatoms. The Bertz CT molecular complexity index is 1380. The first-order valence-electron chi connectivity index (χ1n) is 13.7. The zero-order valence-electron chi connectivity index (χ0n) is 23.7. The first-order valence-corrected chi connectivity index (χ1v) is 13.7. The predicted octanol–water partition coefficient (Wildman–Crippen LogP) is 5.55. The van der Waals surface area contributed by atoms with Crippen LogP contribution in [-0.2, 0) is 23.1 Å². The molecule has 39 heavy (non-hydrogen) atoms. The molecule has 1 unspecified atom stereocenters. The standard InChI is InChI=1S/C31H38N4O4/c1-7-21-8-12-24(13-9-21)35-27-25(26(32-35)20(2)36)16-19-34(28(27)37)23-14-10-22(11-15-23)31(17-18-31)33(6)29(38)39-30(3,4)5/h8-15,20,36H,7,16-19H2,1-6H3. The molecule has 206 valence electrons. The van der Waals surface area contributed by atoms with Crippen LogP contribution < -0.4 is 4.90 Å². The molecule has 1 aliphatic heterocycles. The van der Waals surface area contributed by atoms with E-state index in [1.54, 1.807) is 28.5 Å². The van der Waals surface area contributed by atoms with Crippen molar-refractivity contribution in [1.29, 1.82) is 0 Å². The minimum Gasteiger partial charge on any atom is -0.444 e. The normalized spacial score (nSPS) is 17.0. The number of carbonyl (C=O) groups excluding carboxylic acids is 2. The molecule has 1 fully saturated rings. The number of anilines is 1. The third-order valence-corrected chi connectivity index (χ3v) is 7.78. The van der Waals surface area contributed by atoms with Crippen LogP contribution in [0.2, 0.25) is 0 Å². The lowest BCUT2D eigenvalue weighted by Gasteiger charge is -2.32. The first kappa shape index (κ1) is 26.9. The van der Waals surface area contributed by atoms with E-state index in [1.807, 2.05) is 69.3 Å². The van der Waals surface area contributed by atoms with E-state index in [-0.39, 0.29) is 17.5 Å². The molecule has 0 saturated heterocycles. The lowest BCUT2D eigenvalue weighted by molar-refractivity contribution is 0.0189. The van der Waals surface area contributed by atoms with Crippen molar-refractivity contribution in [3.8, 4) is 5.69 Å². The average molecular weight is 531 g/mol. The minimum absolute atomic E-state index is 0.144. The van der Waals surface area contributed by atoms with Crippen molar-refractivity contribution in [2.24, 2.45) is 0 Å². The number of aliphatic hydroxyl groups excluding tert-OH is 1. The number of benzene rings is 2. The first-order chi connectivity index (χ1) is 18.4. The Morgan fingerprint density at radius 3 is 2.26 bits per heavy atom. The molecule has 1 N–H and O–H groups in total. The number of aryl methyl sites for hydroxylation is 1. The maximum Gasteiger partial charge on any atom is 0.410 e. The summed E-state index contributed by atoms with van der Waals surface area (Å²) in [5.41, 5.74) is 4.73. The number of carbonyl (C=O) groups is 2. The highest BCUT2D eigenvalue weighted by Crippen LogP contribution is 2.51. The van der Waals surface area contributed by atoms with Gasteiger partial charge >= 0.3 is 6.09 Å². The van der Waals surface area contributed by atoms with Crippen LogP contribution in [0.3, 0.4) is 0 Å². The monoisotopic (exact) mass is 530 g/mol. The summed E-state index contributed by atoms with van der Waals surface area (Å²) in [6.45, 7) is 9.88. The van der Waals surface area contributed by atoms with Gasteiger partial charge in [-0.05, 0) is 88.8 Å². The van der Waals surface area contributed by atoms with Crippen LogP contribution in [0.15, 0.2) is 48.5 Å². The smallest absolute Gasteiger partial charge is 0.410 e. The lowest BCUT2D eigenvalue weighted by Crippen LogP contribution is -2.41. The Morgan fingerprint density at radius 1 is 1.10 bits per heavy atom. The van der Waals surface area contributed by atoms with Crippen LogP contribution in [0.4, 0.5) is 10.5 Å². The van der Waals surface area contributed by atoms with E-state index in [9.17, 15) is 14.7 Å². The number of nitrogens with zero attached hydrogens (tertiary/aromatic N) is 4. The van der Waals surface area contributed by atoms with Gasteiger partial charge in [-0.3, -0.25) is 4.79 Å². The number of aliphatic hydroxyl groups is 1. The maximum atomic E-state index is 13.9. The Hall–Kier alpha value is -3.65. The van der Waals surface area contributed by atoms with E-state index >= 15 is 0 Å². The Balaban J connectivity index is 1.43. The largest absolute Gasteiger partial charge is 0.444 e. The minimum atomic E-state index is -0.773. The highest BCUT2D eigenvalue weighted by molar-refractivity contribution is 6.07. The fourth-order valence-corrected chi connectivity index (χ4v) is 5.42. The summed E-state index contributed by atoms with van der Waals surface area (Å²) in [5, 5.41) is 15.1. The molecule has 0 radical (unpaired) electrons. The van der Waals surface area contributed by atoms with Crippen molar-refractivity contribution in [2.45, 2.75) is 77.5 Å². The Kier molecular flexibility index (Phi) is 6.79. The van der Waals surface area contributed by atoms with Gasteiger partial charge < -0.3 is 19.6 Å². The van der Waals surface area contributed by atoms with E-state index in [1.165, 1.54) is 5.56 Å². The third kappa shape index (κ3) is 4.93.